The van der Waals surface area contributed by atoms with Crippen molar-refractivity contribution >= 4 is 0 Å². The lowest BCUT2D eigenvalue weighted by Gasteiger charge is -2.34. The summed E-state index contributed by atoms with van der Waals surface area (Å²) in [7, 11) is 0. The van der Waals surface area contributed by atoms with Gasteiger partial charge in [-0.1, -0.05) is 0 Å². The van der Waals surface area contributed by atoms with Gasteiger partial charge in [0.25, 0.3) is 0 Å². The topological polar surface area (TPSA) is 64.5 Å². The van der Waals surface area contributed by atoms with Crippen molar-refractivity contribution in [1.82, 2.24) is 9.97 Å². The molecule has 0 spiro atoms. The predicted molar refractivity (Wildman–Crippen MR) is 52.4 cm³/mol. The summed E-state index contributed by atoms with van der Waals surface area (Å²) in [6, 6.07) is 0. The average molecular weight is 210 g/mol. The standard InChI is InChI=1S/C10H14N2O3/c1-10(2)14-5-7(6-15-10)9-11-3-8(13)4-12-9/h3-4,7,13H,5-6H2,1-2H3. The Labute approximate surface area is 88.1 Å². The Morgan fingerprint density at radius 1 is 1.27 bits per heavy atom. The maximum atomic E-state index is 9.05. The first kappa shape index (κ1) is 10.3. The zero-order valence-corrected chi connectivity index (χ0v) is 8.80. The minimum atomic E-state index is -0.520. The van der Waals surface area contributed by atoms with Gasteiger partial charge >= 0.3 is 0 Å². The van der Waals surface area contributed by atoms with E-state index in [1.54, 1.807) is 0 Å². The highest BCUT2D eigenvalue weighted by molar-refractivity contribution is 5.11. The Morgan fingerprint density at radius 3 is 2.33 bits per heavy atom. The van der Waals surface area contributed by atoms with Gasteiger partial charge in [0.15, 0.2) is 11.5 Å². The van der Waals surface area contributed by atoms with E-state index in [9.17, 15) is 0 Å². The molecule has 1 aliphatic heterocycles. The zero-order chi connectivity index (χ0) is 10.9. The van der Waals surface area contributed by atoms with Crippen molar-refractivity contribution in [3.63, 3.8) is 0 Å². The number of aromatic nitrogens is 2. The van der Waals surface area contributed by atoms with Gasteiger partial charge < -0.3 is 14.6 Å². The van der Waals surface area contributed by atoms with Crippen LogP contribution in [-0.4, -0.2) is 34.1 Å². The third-order valence-electron chi connectivity index (χ3n) is 2.29. The number of hydrogen-bond acceptors (Lipinski definition) is 5. The summed E-state index contributed by atoms with van der Waals surface area (Å²) in [4.78, 5) is 8.06. The van der Waals surface area contributed by atoms with E-state index in [4.69, 9.17) is 14.6 Å². The molecule has 0 saturated carbocycles. The molecule has 2 heterocycles. The highest BCUT2D eigenvalue weighted by atomic mass is 16.7. The van der Waals surface area contributed by atoms with E-state index in [0.29, 0.717) is 19.0 Å². The van der Waals surface area contributed by atoms with E-state index in [2.05, 4.69) is 9.97 Å². The fourth-order valence-corrected chi connectivity index (χ4v) is 1.38. The lowest BCUT2D eigenvalue weighted by molar-refractivity contribution is -0.251. The van der Waals surface area contributed by atoms with Crippen molar-refractivity contribution in [2.24, 2.45) is 0 Å². The minimum Gasteiger partial charge on any atom is -0.505 e. The molecule has 0 radical (unpaired) electrons. The molecular formula is C10H14N2O3. The van der Waals surface area contributed by atoms with Gasteiger partial charge in [0, 0.05) is 0 Å². The first-order valence-corrected chi connectivity index (χ1v) is 4.86. The zero-order valence-electron chi connectivity index (χ0n) is 8.80. The van der Waals surface area contributed by atoms with E-state index in [-0.39, 0.29) is 11.7 Å². The Hall–Kier alpha value is -1.20. The fourth-order valence-electron chi connectivity index (χ4n) is 1.38. The third kappa shape index (κ3) is 2.43. The highest BCUT2D eigenvalue weighted by Crippen LogP contribution is 2.25. The second-order valence-electron chi connectivity index (χ2n) is 4.02. The van der Waals surface area contributed by atoms with E-state index in [0.717, 1.165) is 0 Å². The van der Waals surface area contributed by atoms with E-state index >= 15 is 0 Å². The Morgan fingerprint density at radius 2 is 1.80 bits per heavy atom. The monoisotopic (exact) mass is 210 g/mol. The Bertz CT molecular complexity index is 327. The summed E-state index contributed by atoms with van der Waals surface area (Å²) in [5.74, 6) is 0.228. The van der Waals surface area contributed by atoms with Crippen LogP contribution in [0.15, 0.2) is 12.4 Å². The van der Waals surface area contributed by atoms with Crippen molar-refractivity contribution < 1.29 is 14.6 Å². The van der Waals surface area contributed by atoms with Gasteiger partial charge in [0.1, 0.15) is 5.82 Å². The molecule has 5 nitrogen and oxygen atoms in total. The third-order valence-corrected chi connectivity index (χ3v) is 2.29. The molecule has 0 bridgehead atoms. The summed E-state index contributed by atoms with van der Waals surface area (Å²) >= 11 is 0. The molecular weight excluding hydrogens is 196 g/mol. The van der Waals surface area contributed by atoms with Gasteiger partial charge in [0.2, 0.25) is 0 Å². The summed E-state index contributed by atoms with van der Waals surface area (Å²) in [5.41, 5.74) is 0. The summed E-state index contributed by atoms with van der Waals surface area (Å²) in [5, 5.41) is 9.05. The van der Waals surface area contributed by atoms with Gasteiger partial charge in [-0.15, -0.1) is 0 Å². The molecule has 1 saturated heterocycles. The molecule has 1 aliphatic rings. The lowest BCUT2D eigenvalue weighted by atomic mass is 10.1. The van der Waals surface area contributed by atoms with Gasteiger partial charge in [0.05, 0.1) is 31.5 Å². The average Bonchev–Trinajstić information content (AvgIpc) is 2.20. The van der Waals surface area contributed by atoms with Gasteiger partial charge in [-0.25, -0.2) is 9.97 Å². The molecule has 5 heteroatoms. The lowest BCUT2D eigenvalue weighted by Crippen LogP contribution is -2.38. The van der Waals surface area contributed by atoms with Crippen LogP contribution in [0.4, 0.5) is 0 Å². The second kappa shape index (κ2) is 3.75. The van der Waals surface area contributed by atoms with E-state index in [1.165, 1.54) is 12.4 Å². The summed E-state index contributed by atoms with van der Waals surface area (Å²) in [6.45, 7) is 4.83. The molecule has 0 atom stereocenters. The van der Waals surface area contributed by atoms with Crippen LogP contribution in [0.3, 0.4) is 0 Å². The largest absolute Gasteiger partial charge is 0.505 e. The minimum absolute atomic E-state index is 0.0404. The highest BCUT2D eigenvalue weighted by Gasteiger charge is 2.30. The number of nitrogens with zero attached hydrogens (tertiary/aromatic N) is 2. The van der Waals surface area contributed by atoms with Crippen LogP contribution in [0.2, 0.25) is 0 Å². The van der Waals surface area contributed by atoms with Crippen molar-refractivity contribution in [2.75, 3.05) is 13.2 Å². The number of rotatable bonds is 1. The van der Waals surface area contributed by atoms with Crippen LogP contribution in [0.5, 0.6) is 5.75 Å². The molecule has 0 aliphatic carbocycles. The Kier molecular flexibility index (Phi) is 2.58. The predicted octanol–water partition coefficient (Wildman–Crippen LogP) is 1.05. The SMILES string of the molecule is CC1(C)OCC(c2ncc(O)cn2)CO1. The van der Waals surface area contributed by atoms with Gasteiger partial charge in [-0.3, -0.25) is 0 Å². The smallest absolute Gasteiger partial charge is 0.162 e. The van der Waals surface area contributed by atoms with Gasteiger partial charge in [-0.2, -0.15) is 0 Å². The van der Waals surface area contributed by atoms with Crippen LogP contribution in [0, 0.1) is 0 Å². The molecule has 82 valence electrons. The molecule has 1 N–H and O–H groups in total. The summed E-state index contributed by atoms with van der Waals surface area (Å²) in [6.07, 6.45) is 2.75. The molecule has 1 aromatic rings. The fraction of sp³-hybridized carbons (Fsp3) is 0.600. The number of ether oxygens (including phenoxy) is 2. The number of aromatic hydroxyl groups is 1. The molecule has 1 fully saturated rings. The first-order valence-electron chi connectivity index (χ1n) is 4.86. The van der Waals surface area contributed by atoms with Crippen LogP contribution < -0.4 is 0 Å². The number of hydrogen-bond donors (Lipinski definition) is 1. The van der Waals surface area contributed by atoms with Crippen LogP contribution in [-0.2, 0) is 9.47 Å². The molecule has 0 amide bonds. The normalized spacial score (nSPS) is 21.5. The maximum absolute atomic E-state index is 9.05. The van der Waals surface area contributed by atoms with Crippen LogP contribution in [0.1, 0.15) is 25.6 Å². The van der Waals surface area contributed by atoms with E-state index < -0.39 is 5.79 Å². The first-order chi connectivity index (χ1) is 7.07. The van der Waals surface area contributed by atoms with Crippen molar-refractivity contribution in [1.29, 1.82) is 0 Å². The summed E-state index contributed by atoms with van der Waals surface area (Å²) < 4.78 is 11.0. The van der Waals surface area contributed by atoms with E-state index in [1.807, 2.05) is 13.8 Å². The molecule has 1 aromatic heterocycles. The van der Waals surface area contributed by atoms with Crippen LogP contribution in [0.25, 0.3) is 0 Å². The van der Waals surface area contributed by atoms with Crippen LogP contribution >= 0.6 is 0 Å². The quantitative estimate of drug-likeness (QED) is 0.750. The van der Waals surface area contributed by atoms with Crippen molar-refractivity contribution in [3.05, 3.63) is 18.2 Å². The van der Waals surface area contributed by atoms with Gasteiger partial charge in [-0.05, 0) is 13.8 Å². The van der Waals surface area contributed by atoms with Crippen molar-refractivity contribution in [2.45, 2.75) is 25.6 Å². The Balaban J connectivity index is 2.04. The maximum Gasteiger partial charge on any atom is 0.162 e. The molecule has 15 heavy (non-hydrogen) atoms. The van der Waals surface area contributed by atoms with Crippen molar-refractivity contribution in [3.8, 4) is 5.75 Å². The molecule has 0 aromatic carbocycles. The second-order valence-corrected chi connectivity index (χ2v) is 4.02. The molecule has 2 rings (SSSR count). The molecule has 0 unspecified atom stereocenters.